The number of hydrogen-bond acceptors (Lipinski definition) is 5. The average molecular weight is 429 g/mol. The summed E-state index contributed by atoms with van der Waals surface area (Å²) < 4.78 is 6.71. The van der Waals surface area contributed by atoms with Crippen molar-refractivity contribution in [3.05, 3.63) is 49.1 Å². The highest BCUT2D eigenvalue weighted by Crippen LogP contribution is 2.27. The molecule has 0 unspecified atom stereocenters. The summed E-state index contributed by atoms with van der Waals surface area (Å²) in [6, 6.07) is 4.62. The zero-order chi connectivity index (χ0) is 20.8. The van der Waals surface area contributed by atoms with Crippen molar-refractivity contribution in [2.75, 3.05) is 23.8 Å². The number of ether oxygens (including phenoxy) is 1. The minimum Gasteiger partial charge on any atom is -0.482 e. The van der Waals surface area contributed by atoms with Gasteiger partial charge in [0.25, 0.3) is 11.5 Å². The van der Waals surface area contributed by atoms with E-state index >= 15 is 0 Å². The van der Waals surface area contributed by atoms with E-state index in [1.165, 1.54) is 15.5 Å². The number of H-pyrrole nitrogens is 1. The first-order valence-corrected chi connectivity index (χ1v) is 9.56. The number of nitrogens with two attached hydrogens (primary N) is 1. The Kier molecular flexibility index (Phi) is 7.53. The van der Waals surface area contributed by atoms with Crippen LogP contribution in [0.5, 0.6) is 5.75 Å². The van der Waals surface area contributed by atoms with Gasteiger partial charge in [0.1, 0.15) is 11.6 Å². The van der Waals surface area contributed by atoms with E-state index in [9.17, 15) is 14.4 Å². The Bertz CT molecular complexity index is 971. The topological polar surface area (TPSA) is 110 Å². The number of unbranched alkanes of at least 4 members (excludes halogenated alkanes) is 1. The van der Waals surface area contributed by atoms with Crippen molar-refractivity contribution in [1.82, 2.24) is 9.55 Å². The minimum atomic E-state index is -0.727. The van der Waals surface area contributed by atoms with Gasteiger partial charge in [-0.05, 0) is 31.5 Å². The molecule has 3 N–H and O–H groups in total. The van der Waals surface area contributed by atoms with Gasteiger partial charge in [0, 0.05) is 18.1 Å². The highest BCUT2D eigenvalue weighted by molar-refractivity contribution is 6.35. The minimum absolute atomic E-state index is 0.0538. The second-order valence-electron chi connectivity index (χ2n) is 6.00. The lowest BCUT2D eigenvalue weighted by Gasteiger charge is -2.23. The number of carbonyl (C=O) groups is 1. The Morgan fingerprint density at radius 2 is 2.00 bits per heavy atom. The molecule has 0 bridgehead atoms. The number of hydrogen-bond donors (Lipinski definition) is 2. The lowest BCUT2D eigenvalue weighted by Crippen LogP contribution is -2.42. The third kappa shape index (κ3) is 4.88. The monoisotopic (exact) mass is 428 g/mol. The quantitative estimate of drug-likeness (QED) is 0.671. The SMILES string of the molecule is CCCCn1c(N)c(N(CC)C(=O)COc2ccc(Cl)cc2Cl)c(=O)[nH]c1=O. The van der Waals surface area contributed by atoms with Crippen molar-refractivity contribution in [1.29, 1.82) is 0 Å². The zero-order valence-electron chi connectivity index (χ0n) is 15.6. The number of carbonyl (C=O) groups excluding carboxylic acids is 1. The van der Waals surface area contributed by atoms with E-state index in [1.54, 1.807) is 19.1 Å². The Balaban J connectivity index is 2.29. The smallest absolute Gasteiger partial charge is 0.330 e. The number of benzene rings is 1. The number of likely N-dealkylation sites (N-methyl/N-ethyl adjacent to an activating group) is 1. The number of rotatable bonds is 8. The van der Waals surface area contributed by atoms with Crippen molar-refractivity contribution in [2.24, 2.45) is 0 Å². The summed E-state index contributed by atoms with van der Waals surface area (Å²) in [6.07, 6.45) is 1.54. The fourth-order valence-electron chi connectivity index (χ4n) is 2.65. The maximum atomic E-state index is 12.7. The van der Waals surface area contributed by atoms with Gasteiger partial charge < -0.3 is 15.4 Å². The number of anilines is 2. The molecule has 8 nitrogen and oxygen atoms in total. The molecule has 0 aliphatic heterocycles. The van der Waals surface area contributed by atoms with Crippen LogP contribution in [0, 0.1) is 0 Å². The molecule has 0 atom stereocenters. The van der Waals surface area contributed by atoms with E-state index in [0.29, 0.717) is 18.0 Å². The van der Waals surface area contributed by atoms with Gasteiger partial charge in [-0.2, -0.15) is 0 Å². The van der Waals surface area contributed by atoms with Crippen LogP contribution in [-0.4, -0.2) is 28.6 Å². The highest BCUT2D eigenvalue weighted by atomic mass is 35.5. The zero-order valence-corrected chi connectivity index (χ0v) is 17.1. The lowest BCUT2D eigenvalue weighted by molar-refractivity contribution is -0.120. The van der Waals surface area contributed by atoms with E-state index in [2.05, 4.69) is 4.98 Å². The molecule has 10 heteroatoms. The predicted molar refractivity (Wildman–Crippen MR) is 111 cm³/mol. The molecule has 0 radical (unpaired) electrons. The Labute approximate surface area is 171 Å². The summed E-state index contributed by atoms with van der Waals surface area (Å²) >= 11 is 11.9. The first-order chi connectivity index (χ1) is 13.3. The van der Waals surface area contributed by atoms with Crippen LogP contribution in [0.3, 0.4) is 0 Å². The number of nitrogens with one attached hydrogen (secondary N) is 1. The number of halogens is 2. The van der Waals surface area contributed by atoms with E-state index in [-0.39, 0.29) is 35.4 Å². The van der Waals surface area contributed by atoms with Gasteiger partial charge >= 0.3 is 5.69 Å². The average Bonchev–Trinajstić information content (AvgIpc) is 2.64. The van der Waals surface area contributed by atoms with E-state index in [0.717, 1.165) is 6.42 Å². The summed E-state index contributed by atoms with van der Waals surface area (Å²) in [7, 11) is 0. The standard InChI is InChI=1S/C18H22Cl2N4O4/c1-3-5-8-24-16(21)15(17(26)22-18(24)27)23(4-2)14(25)10-28-13-7-6-11(19)9-12(13)20/h6-7,9H,3-5,8,10,21H2,1-2H3,(H,22,26,27). The molecule has 2 rings (SSSR count). The summed E-state index contributed by atoms with van der Waals surface area (Å²) in [5.41, 5.74) is 4.65. The summed E-state index contributed by atoms with van der Waals surface area (Å²) in [5.74, 6) is -0.279. The number of amides is 1. The normalized spacial score (nSPS) is 10.7. The fourth-order valence-corrected chi connectivity index (χ4v) is 3.11. The molecule has 0 aliphatic rings. The van der Waals surface area contributed by atoms with Crippen LogP contribution in [0.1, 0.15) is 26.7 Å². The van der Waals surface area contributed by atoms with Gasteiger partial charge in [-0.1, -0.05) is 36.5 Å². The predicted octanol–water partition coefficient (Wildman–Crippen LogP) is 2.66. The van der Waals surface area contributed by atoms with Gasteiger partial charge in [-0.15, -0.1) is 0 Å². The van der Waals surface area contributed by atoms with E-state index in [4.69, 9.17) is 33.7 Å². The fraction of sp³-hybridized carbons (Fsp3) is 0.389. The van der Waals surface area contributed by atoms with E-state index in [1.807, 2.05) is 6.92 Å². The molecule has 1 heterocycles. The van der Waals surface area contributed by atoms with Crippen molar-refractivity contribution in [3.63, 3.8) is 0 Å². The molecule has 1 amide bonds. The first-order valence-electron chi connectivity index (χ1n) is 8.80. The van der Waals surface area contributed by atoms with Crippen molar-refractivity contribution in [2.45, 2.75) is 33.2 Å². The van der Waals surface area contributed by atoms with Crippen molar-refractivity contribution in [3.8, 4) is 5.75 Å². The largest absolute Gasteiger partial charge is 0.482 e. The highest BCUT2D eigenvalue weighted by Gasteiger charge is 2.23. The second kappa shape index (κ2) is 9.66. The molecule has 0 aliphatic carbocycles. The van der Waals surface area contributed by atoms with Gasteiger partial charge in [0.05, 0.1) is 5.02 Å². The number of nitrogen functional groups attached to an aromatic ring is 1. The third-order valence-corrected chi connectivity index (χ3v) is 4.61. The summed E-state index contributed by atoms with van der Waals surface area (Å²) in [4.78, 5) is 40.5. The van der Waals surface area contributed by atoms with Gasteiger partial charge in [0.2, 0.25) is 0 Å². The van der Waals surface area contributed by atoms with Gasteiger partial charge in [0.15, 0.2) is 12.3 Å². The molecular formula is C18H22Cl2N4O4. The third-order valence-electron chi connectivity index (χ3n) is 4.08. The second-order valence-corrected chi connectivity index (χ2v) is 6.84. The van der Waals surface area contributed by atoms with Crippen LogP contribution in [0.15, 0.2) is 27.8 Å². The molecule has 0 saturated carbocycles. The molecular weight excluding hydrogens is 407 g/mol. The lowest BCUT2D eigenvalue weighted by atomic mass is 10.3. The van der Waals surface area contributed by atoms with Gasteiger partial charge in [-0.3, -0.25) is 19.1 Å². The maximum absolute atomic E-state index is 12.7. The van der Waals surface area contributed by atoms with Crippen LogP contribution in [0.25, 0.3) is 0 Å². The molecule has 28 heavy (non-hydrogen) atoms. The van der Waals surface area contributed by atoms with Crippen molar-refractivity contribution < 1.29 is 9.53 Å². The number of aromatic nitrogens is 2. The van der Waals surface area contributed by atoms with Crippen LogP contribution in [0.4, 0.5) is 11.5 Å². The molecule has 1 aromatic heterocycles. The van der Waals surface area contributed by atoms with Crippen LogP contribution >= 0.6 is 23.2 Å². The summed E-state index contributed by atoms with van der Waals surface area (Å²) in [6.45, 7) is 3.79. The van der Waals surface area contributed by atoms with Crippen molar-refractivity contribution >= 4 is 40.6 Å². The summed E-state index contributed by atoms with van der Waals surface area (Å²) in [5, 5.41) is 0.696. The van der Waals surface area contributed by atoms with E-state index < -0.39 is 17.2 Å². The van der Waals surface area contributed by atoms with Crippen LogP contribution in [-0.2, 0) is 11.3 Å². The van der Waals surface area contributed by atoms with Crippen LogP contribution < -0.4 is 26.6 Å². The molecule has 1 aromatic carbocycles. The number of nitrogens with zero attached hydrogens (tertiary/aromatic N) is 2. The number of aromatic amines is 1. The molecule has 0 saturated heterocycles. The molecule has 0 fully saturated rings. The Morgan fingerprint density at radius 1 is 1.29 bits per heavy atom. The Hall–Kier alpha value is -2.45. The first kappa shape index (κ1) is 21.8. The molecule has 0 spiro atoms. The maximum Gasteiger partial charge on any atom is 0.330 e. The van der Waals surface area contributed by atoms with Gasteiger partial charge in [-0.25, -0.2) is 4.79 Å². The molecule has 152 valence electrons. The Morgan fingerprint density at radius 3 is 2.61 bits per heavy atom. The van der Waals surface area contributed by atoms with Crippen LogP contribution in [0.2, 0.25) is 10.0 Å². The molecule has 2 aromatic rings.